The monoisotopic (exact) mass is 464 g/mol. The number of carbonyl (C=O) groups is 3. The van der Waals surface area contributed by atoms with Crippen molar-refractivity contribution in [2.24, 2.45) is 11.5 Å². The van der Waals surface area contributed by atoms with Crippen LogP contribution in [0.3, 0.4) is 0 Å². The third kappa shape index (κ3) is 1.84. The van der Waals surface area contributed by atoms with E-state index in [0.29, 0.717) is 16.5 Å². The fraction of sp³-hybridized carbons (Fsp3) is 0.222. The van der Waals surface area contributed by atoms with Crippen LogP contribution in [0.2, 0.25) is 0 Å². The fourth-order valence-corrected chi connectivity index (χ4v) is 6.94. The number of fused-ring (bicyclic) bond motifs is 13. The van der Waals surface area contributed by atoms with Gasteiger partial charge in [0.15, 0.2) is 17.3 Å². The van der Waals surface area contributed by atoms with Crippen LogP contribution in [-0.4, -0.2) is 32.1 Å². The minimum absolute atomic E-state index is 0.151. The van der Waals surface area contributed by atoms with Gasteiger partial charge in [0.2, 0.25) is 5.91 Å². The first-order chi connectivity index (χ1) is 16.8. The van der Waals surface area contributed by atoms with Crippen molar-refractivity contribution >= 4 is 61.1 Å². The highest BCUT2D eigenvalue weighted by Crippen LogP contribution is 2.57. The van der Waals surface area contributed by atoms with Crippen molar-refractivity contribution in [3.8, 4) is 0 Å². The Morgan fingerprint density at radius 3 is 2.17 bits per heavy atom. The van der Waals surface area contributed by atoms with Gasteiger partial charge >= 0.3 is 0 Å². The van der Waals surface area contributed by atoms with Gasteiger partial charge in [-0.1, -0.05) is 36.4 Å². The summed E-state index contributed by atoms with van der Waals surface area (Å²) in [6.07, 6.45) is -0.571. The molecular weight excluding hydrogens is 444 g/mol. The van der Waals surface area contributed by atoms with Crippen LogP contribution in [0.15, 0.2) is 48.5 Å². The Hall–Kier alpha value is -4.01. The lowest BCUT2D eigenvalue weighted by Gasteiger charge is -2.38. The highest BCUT2D eigenvalue weighted by atomic mass is 16.5. The Balaban J connectivity index is 1.78. The Morgan fingerprint density at radius 1 is 0.943 bits per heavy atom. The Kier molecular flexibility index (Phi) is 3.10. The average molecular weight is 464 g/mol. The first-order valence-corrected chi connectivity index (χ1v) is 11.6. The van der Waals surface area contributed by atoms with Gasteiger partial charge in [-0.25, -0.2) is 0 Å². The summed E-state index contributed by atoms with van der Waals surface area (Å²) in [6.45, 7) is 1.80. The number of hydrogen-bond acceptors (Lipinski definition) is 5. The maximum atomic E-state index is 13.3. The predicted octanol–water partition coefficient (Wildman–Crippen LogP) is 3.46. The van der Waals surface area contributed by atoms with E-state index in [9.17, 15) is 14.4 Å². The van der Waals surface area contributed by atoms with Crippen LogP contribution in [0.1, 0.15) is 46.7 Å². The summed E-state index contributed by atoms with van der Waals surface area (Å²) < 4.78 is 10.7. The minimum Gasteiger partial charge on any atom is -0.368 e. The van der Waals surface area contributed by atoms with E-state index in [1.54, 1.807) is 6.92 Å². The standard InChI is InChI=1S/C27H20N4O4/c1-26-27(29,25(28)34)11-18(35-26)30-14-8-4-2-6-12(14)19-21-16(32)10-17(33)22(21)20-13-7-3-5-9-15(13)31(26)24(20)23(19)30/h2-9,18H,10-11,29H2,1H3,(H2,28,34)/t18-,26+,27+/m1/s1. The maximum absolute atomic E-state index is 13.3. The molecule has 3 aliphatic rings. The van der Waals surface area contributed by atoms with Gasteiger partial charge in [0, 0.05) is 39.1 Å². The van der Waals surface area contributed by atoms with Gasteiger partial charge in [0.25, 0.3) is 0 Å². The number of ketones is 2. The normalized spacial score (nSPS) is 27.1. The molecule has 0 radical (unpaired) electrons. The van der Waals surface area contributed by atoms with Gasteiger partial charge in [-0.2, -0.15) is 0 Å². The molecule has 3 aromatic carbocycles. The molecule has 172 valence electrons. The molecular formula is C27H20N4O4. The number of rotatable bonds is 1. The SMILES string of the molecule is C[C@]12O[C@H](C[C@]1(N)C(N)=O)n1c3ccccc3c3c4c(c5c6ccccc6n2c5c31)C(=O)CC4=O. The number of ether oxygens (including phenoxy) is 1. The van der Waals surface area contributed by atoms with Crippen molar-refractivity contribution in [2.75, 3.05) is 0 Å². The summed E-state index contributed by atoms with van der Waals surface area (Å²) in [6, 6.07) is 15.4. The molecule has 4 N–H and O–H groups in total. The lowest BCUT2D eigenvalue weighted by Crippen LogP contribution is -2.64. The van der Waals surface area contributed by atoms with Crippen LogP contribution in [-0.2, 0) is 15.3 Å². The molecule has 1 saturated heterocycles. The summed E-state index contributed by atoms with van der Waals surface area (Å²) in [5.74, 6) is -1.02. The molecule has 0 unspecified atom stereocenters. The summed E-state index contributed by atoms with van der Waals surface area (Å²) in [7, 11) is 0. The van der Waals surface area contributed by atoms with Crippen LogP contribution in [0.25, 0.3) is 43.6 Å². The first kappa shape index (κ1) is 19.3. The van der Waals surface area contributed by atoms with Gasteiger partial charge < -0.3 is 25.3 Å². The molecule has 5 aromatic rings. The maximum Gasteiger partial charge on any atom is 0.242 e. The van der Waals surface area contributed by atoms with Crippen molar-refractivity contribution in [1.29, 1.82) is 0 Å². The molecule has 8 rings (SSSR count). The summed E-state index contributed by atoms with van der Waals surface area (Å²) in [5, 5.41) is 3.13. The van der Waals surface area contributed by atoms with E-state index >= 15 is 0 Å². The second-order valence-corrected chi connectivity index (χ2v) is 10.1. The van der Waals surface area contributed by atoms with Crippen molar-refractivity contribution in [3.05, 3.63) is 59.7 Å². The molecule has 8 nitrogen and oxygen atoms in total. The number of aromatic nitrogens is 2. The van der Waals surface area contributed by atoms with Gasteiger partial charge in [-0.05, 0) is 19.1 Å². The summed E-state index contributed by atoms with van der Waals surface area (Å²) in [4.78, 5) is 39.5. The van der Waals surface area contributed by atoms with E-state index in [1.165, 1.54) is 0 Å². The van der Waals surface area contributed by atoms with E-state index < -0.39 is 23.4 Å². The zero-order valence-electron chi connectivity index (χ0n) is 18.8. The molecule has 1 fully saturated rings. The molecule has 2 aromatic heterocycles. The van der Waals surface area contributed by atoms with Crippen molar-refractivity contribution in [3.63, 3.8) is 0 Å². The van der Waals surface area contributed by atoms with E-state index in [2.05, 4.69) is 0 Å². The number of carbonyl (C=O) groups excluding carboxylic acids is 3. The molecule has 2 aliphatic heterocycles. The second kappa shape index (κ2) is 5.62. The van der Waals surface area contributed by atoms with E-state index in [0.717, 1.165) is 38.2 Å². The number of nitrogens with two attached hydrogens (primary N) is 2. The van der Waals surface area contributed by atoms with Gasteiger partial charge in [0.1, 0.15) is 11.8 Å². The molecule has 1 aliphatic carbocycles. The highest BCUT2D eigenvalue weighted by molar-refractivity contribution is 6.40. The van der Waals surface area contributed by atoms with Crippen LogP contribution >= 0.6 is 0 Å². The lowest BCUT2D eigenvalue weighted by atomic mass is 9.85. The highest BCUT2D eigenvalue weighted by Gasteiger charge is 2.63. The molecule has 3 atom stereocenters. The molecule has 4 heterocycles. The average Bonchev–Trinajstić information content (AvgIpc) is 3.49. The smallest absolute Gasteiger partial charge is 0.242 e. The van der Waals surface area contributed by atoms with Crippen LogP contribution in [0, 0.1) is 0 Å². The fourth-order valence-electron chi connectivity index (χ4n) is 6.94. The Bertz CT molecular complexity index is 1900. The van der Waals surface area contributed by atoms with Crippen molar-refractivity contribution < 1.29 is 19.1 Å². The minimum atomic E-state index is -1.51. The third-order valence-corrected chi connectivity index (χ3v) is 8.48. The van der Waals surface area contributed by atoms with Gasteiger partial charge in [-0.3, -0.25) is 14.4 Å². The van der Waals surface area contributed by atoms with E-state index in [1.807, 2.05) is 57.7 Å². The Morgan fingerprint density at radius 2 is 1.51 bits per heavy atom. The number of para-hydroxylation sites is 2. The molecule has 0 spiro atoms. The number of amides is 1. The summed E-state index contributed by atoms with van der Waals surface area (Å²) in [5.41, 5.74) is 14.0. The van der Waals surface area contributed by atoms with E-state index in [4.69, 9.17) is 16.2 Å². The first-order valence-electron chi connectivity index (χ1n) is 11.6. The van der Waals surface area contributed by atoms with Gasteiger partial charge in [0.05, 0.1) is 28.5 Å². The van der Waals surface area contributed by atoms with Gasteiger partial charge in [-0.15, -0.1) is 0 Å². The summed E-state index contributed by atoms with van der Waals surface area (Å²) >= 11 is 0. The number of Topliss-reactive ketones (excluding diaryl/α,β-unsaturated/α-hetero) is 2. The molecule has 1 amide bonds. The molecule has 35 heavy (non-hydrogen) atoms. The topological polar surface area (TPSA) is 122 Å². The predicted molar refractivity (Wildman–Crippen MR) is 130 cm³/mol. The Labute approximate surface area is 198 Å². The quantitative estimate of drug-likeness (QED) is 0.368. The number of hydrogen-bond donors (Lipinski definition) is 2. The van der Waals surface area contributed by atoms with Crippen molar-refractivity contribution in [2.45, 2.75) is 37.3 Å². The zero-order chi connectivity index (χ0) is 24.0. The number of benzene rings is 3. The zero-order valence-corrected chi connectivity index (χ0v) is 18.8. The van der Waals surface area contributed by atoms with Crippen molar-refractivity contribution in [1.82, 2.24) is 9.13 Å². The van der Waals surface area contributed by atoms with Crippen LogP contribution in [0.5, 0.6) is 0 Å². The third-order valence-electron chi connectivity index (χ3n) is 8.48. The number of nitrogens with zero attached hydrogens (tertiary/aromatic N) is 2. The number of primary amides is 1. The second-order valence-electron chi connectivity index (χ2n) is 10.1. The molecule has 2 bridgehead atoms. The van der Waals surface area contributed by atoms with Crippen LogP contribution < -0.4 is 11.5 Å². The lowest BCUT2D eigenvalue weighted by molar-refractivity contribution is -0.145. The van der Waals surface area contributed by atoms with E-state index in [-0.39, 0.29) is 24.4 Å². The van der Waals surface area contributed by atoms with Crippen LogP contribution in [0.4, 0.5) is 0 Å². The largest absolute Gasteiger partial charge is 0.368 e. The molecule has 0 saturated carbocycles. The molecule has 8 heteroatoms.